The van der Waals surface area contributed by atoms with Gasteiger partial charge in [-0.05, 0) is 24.6 Å². The normalized spacial score (nSPS) is 19.8. The molecule has 2 N–H and O–H groups in total. The molecule has 0 spiro atoms. The van der Waals surface area contributed by atoms with Crippen LogP contribution in [-0.4, -0.2) is 39.3 Å². The molecular formula is C14H19ClN2O3. The van der Waals surface area contributed by atoms with Gasteiger partial charge in [0, 0.05) is 24.7 Å². The molecule has 2 atom stereocenters. The van der Waals surface area contributed by atoms with Crippen molar-refractivity contribution < 1.29 is 14.3 Å². The molecule has 1 aromatic rings. The van der Waals surface area contributed by atoms with Crippen molar-refractivity contribution in [3.05, 3.63) is 23.2 Å². The molecule has 2 rings (SSSR count). The molecule has 0 aromatic heterocycles. The Kier molecular flexibility index (Phi) is 4.73. The lowest BCUT2D eigenvalue weighted by Gasteiger charge is -2.21. The van der Waals surface area contributed by atoms with Crippen molar-refractivity contribution in [1.29, 1.82) is 0 Å². The zero-order valence-corrected chi connectivity index (χ0v) is 12.4. The van der Waals surface area contributed by atoms with Gasteiger partial charge >= 0.3 is 5.97 Å². The van der Waals surface area contributed by atoms with Gasteiger partial charge in [-0.3, -0.25) is 4.79 Å². The van der Waals surface area contributed by atoms with Gasteiger partial charge in [0.2, 0.25) is 0 Å². The Morgan fingerprint density at radius 3 is 2.85 bits per heavy atom. The third-order valence-corrected chi connectivity index (χ3v) is 4.00. The molecule has 1 saturated heterocycles. The second-order valence-electron chi connectivity index (χ2n) is 4.86. The van der Waals surface area contributed by atoms with E-state index in [2.05, 4.69) is 4.90 Å². The first-order chi connectivity index (χ1) is 9.56. The molecule has 110 valence electrons. The van der Waals surface area contributed by atoms with Gasteiger partial charge in [0.05, 0.1) is 19.2 Å². The fourth-order valence-corrected chi connectivity index (χ4v) is 2.75. The summed E-state index contributed by atoms with van der Waals surface area (Å²) in [5.41, 5.74) is 6.91. The molecule has 0 saturated carbocycles. The molecule has 0 amide bonds. The number of anilines is 1. The first kappa shape index (κ1) is 14.9. The van der Waals surface area contributed by atoms with Crippen LogP contribution in [-0.2, 0) is 9.53 Å². The molecule has 5 nitrogen and oxygen atoms in total. The van der Waals surface area contributed by atoms with E-state index in [4.69, 9.17) is 26.8 Å². The van der Waals surface area contributed by atoms with Crippen molar-refractivity contribution >= 4 is 23.3 Å². The lowest BCUT2D eigenvalue weighted by atomic mass is 10.0. The molecule has 1 aliphatic rings. The summed E-state index contributed by atoms with van der Waals surface area (Å²) in [4.78, 5) is 13.6. The van der Waals surface area contributed by atoms with Gasteiger partial charge in [-0.2, -0.15) is 0 Å². The predicted molar refractivity (Wildman–Crippen MR) is 78.3 cm³/mol. The molecule has 0 radical (unpaired) electrons. The Morgan fingerprint density at radius 2 is 2.25 bits per heavy atom. The third-order valence-electron chi connectivity index (χ3n) is 3.71. The predicted octanol–water partition coefficient (Wildman–Crippen LogP) is 1.68. The Balaban J connectivity index is 2.06. The zero-order valence-electron chi connectivity index (χ0n) is 11.6. The van der Waals surface area contributed by atoms with Crippen LogP contribution in [0.15, 0.2) is 18.2 Å². The number of hydrogen-bond acceptors (Lipinski definition) is 5. The molecule has 2 unspecified atom stereocenters. The first-order valence-electron chi connectivity index (χ1n) is 6.48. The number of benzene rings is 1. The van der Waals surface area contributed by atoms with E-state index in [0.29, 0.717) is 10.8 Å². The van der Waals surface area contributed by atoms with Gasteiger partial charge in [0.25, 0.3) is 0 Å². The Morgan fingerprint density at radius 1 is 1.50 bits per heavy atom. The number of methoxy groups -OCH3 is 2. The Labute approximate surface area is 123 Å². The summed E-state index contributed by atoms with van der Waals surface area (Å²) in [5.74, 6) is 0.394. The van der Waals surface area contributed by atoms with Gasteiger partial charge in [0.15, 0.2) is 0 Å². The maximum absolute atomic E-state index is 11.5. The number of ether oxygens (including phenoxy) is 2. The highest BCUT2D eigenvalue weighted by atomic mass is 35.5. The summed E-state index contributed by atoms with van der Waals surface area (Å²) in [6.45, 7) is 1.57. The van der Waals surface area contributed by atoms with E-state index in [9.17, 15) is 4.79 Å². The molecular weight excluding hydrogens is 280 g/mol. The number of esters is 1. The molecule has 6 heteroatoms. The number of hydrogen-bond donors (Lipinski definition) is 1. The highest BCUT2D eigenvalue weighted by Gasteiger charge is 2.32. The van der Waals surface area contributed by atoms with E-state index in [-0.39, 0.29) is 11.9 Å². The van der Waals surface area contributed by atoms with Crippen LogP contribution >= 0.6 is 11.6 Å². The SMILES string of the molecule is COC(=O)C(N)C1CCN(c2ccc(OC)c(Cl)c2)C1. The first-order valence-corrected chi connectivity index (χ1v) is 6.86. The van der Waals surface area contributed by atoms with E-state index in [1.165, 1.54) is 7.11 Å². The molecule has 1 aliphatic heterocycles. The zero-order chi connectivity index (χ0) is 14.7. The number of carbonyl (C=O) groups excluding carboxylic acids is 1. The van der Waals surface area contributed by atoms with E-state index in [1.807, 2.05) is 18.2 Å². The van der Waals surface area contributed by atoms with Crippen LogP contribution in [0.5, 0.6) is 5.75 Å². The molecule has 20 heavy (non-hydrogen) atoms. The van der Waals surface area contributed by atoms with Gasteiger partial charge in [-0.1, -0.05) is 11.6 Å². The summed E-state index contributed by atoms with van der Waals surface area (Å²) in [7, 11) is 2.94. The molecule has 1 aromatic carbocycles. The molecule has 0 aliphatic carbocycles. The van der Waals surface area contributed by atoms with Crippen LogP contribution in [0.2, 0.25) is 5.02 Å². The highest BCUT2D eigenvalue weighted by molar-refractivity contribution is 6.32. The van der Waals surface area contributed by atoms with Crippen LogP contribution in [0.25, 0.3) is 0 Å². The summed E-state index contributed by atoms with van der Waals surface area (Å²) in [5, 5.41) is 0.575. The van der Waals surface area contributed by atoms with Crippen LogP contribution in [0.3, 0.4) is 0 Å². The standard InChI is InChI=1S/C14H19ClN2O3/c1-19-12-4-3-10(7-11(12)15)17-6-5-9(8-17)13(16)14(18)20-2/h3-4,7,9,13H,5-6,8,16H2,1-2H3. The highest BCUT2D eigenvalue weighted by Crippen LogP contribution is 2.32. The van der Waals surface area contributed by atoms with Crippen molar-refractivity contribution in [1.82, 2.24) is 0 Å². The van der Waals surface area contributed by atoms with E-state index >= 15 is 0 Å². The van der Waals surface area contributed by atoms with Crippen molar-refractivity contribution in [2.24, 2.45) is 11.7 Å². The number of nitrogens with zero attached hydrogens (tertiary/aromatic N) is 1. The van der Waals surface area contributed by atoms with Gasteiger partial charge in [-0.15, -0.1) is 0 Å². The Hall–Kier alpha value is -1.46. The summed E-state index contributed by atoms with van der Waals surface area (Å²) in [6, 6.07) is 5.09. The lowest BCUT2D eigenvalue weighted by molar-refractivity contribution is -0.143. The second-order valence-corrected chi connectivity index (χ2v) is 5.27. The second kappa shape index (κ2) is 6.33. The summed E-state index contributed by atoms with van der Waals surface area (Å²) < 4.78 is 9.83. The van der Waals surface area contributed by atoms with Crippen molar-refractivity contribution in [3.8, 4) is 5.75 Å². The molecule has 0 bridgehead atoms. The minimum absolute atomic E-state index is 0.100. The topological polar surface area (TPSA) is 64.8 Å². The van der Waals surface area contributed by atoms with E-state index in [0.717, 1.165) is 25.2 Å². The largest absolute Gasteiger partial charge is 0.495 e. The minimum atomic E-state index is -0.571. The molecule has 1 heterocycles. The average Bonchev–Trinajstić information content (AvgIpc) is 2.95. The smallest absolute Gasteiger partial charge is 0.322 e. The summed E-state index contributed by atoms with van der Waals surface area (Å²) in [6.07, 6.45) is 0.861. The van der Waals surface area contributed by atoms with Crippen molar-refractivity contribution in [3.63, 3.8) is 0 Å². The van der Waals surface area contributed by atoms with Gasteiger partial charge in [0.1, 0.15) is 11.8 Å². The number of nitrogens with two attached hydrogens (primary N) is 1. The van der Waals surface area contributed by atoms with Crippen LogP contribution in [0, 0.1) is 5.92 Å². The summed E-state index contributed by atoms with van der Waals surface area (Å²) >= 11 is 6.13. The van der Waals surface area contributed by atoms with Gasteiger partial charge < -0.3 is 20.1 Å². The van der Waals surface area contributed by atoms with Crippen molar-refractivity contribution in [2.75, 3.05) is 32.2 Å². The minimum Gasteiger partial charge on any atom is -0.495 e. The van der Waals surface area contributed by atoms with Crippen LogP contribution < -0.4 is 15.4 Å². The quantitative estimate of drug-likeness (QED) is 0.857. The number of carbonyl (C=O) groups is 1. The third kappa shape index (κ3) is 2.99. The maximum atomic E-state index is 11.5. The van der Waals surface area contributed by atoms with Crippen LogP contribution in [0.1, 0.15) is 6.42 Å². The maximum Gasteiger partial charge on any atom is 0.322 e. The number of halogens is 1. The van der Waals surface area contributed by atoms with Crippen molar-refractivity contribution in [2.45, 2.75) is 12.5 Å². The van der Waals surface area contributed by atoms with Crippen LogP contribution in [0.4, 0.5) is 5.69 Å². The average molecular weight is 299 g/mol. The van der Waals surface area contributed by atoms with Gasteiger partial charge in [-0.25, -0.2) is 0 Å². The Bertz CT molecular complexity index is 495. The lowest BCUT2D eigenvalue weighted by Crippen LogP contribution is -2.40. The monoisotopic (exact) mass is 298 g/mol. The number of rotatable bonds is 4. The fourth-order valence-electron chi connectivity index (χ4n) is 2.50. The fraction of sp³-hybridized carbons (Fsp3) is 0.500. The molecule has 1 fully saturated rings. The van der Waals surface area contributed by atoms with E-state index < -0.39 is 6.04 Å². The van der Waals surface area contributed by atoms with E-state index in [1.54, 1.807) is 7.11 Å².